The van der Waals surface area contributed by atoms with Gasteiger partial charge >= 0.3 is 0 Å². The maximum absolute atomic E-state index is 3.66. The first-order chi connectivity index (χ1) is 8.92. The van der Waals surface area contributed by atoms with Gasteiger partial charge in [0.2, 0.25) is 0 Å². The van der Waals surface area contributed by atoms with Crippen LogP contribution >= 0.6 is 0 Å². The molecule has 2 saturated heterocycles. The van der Waals surface area contributed by atoms with Crippen LogP contribution in [0.2, 0.25) is 0 Å². The van der Waals surface area contributed by atoms with Crippen LogP contribution in [0.3, 0.4) is 0 Å². The quantitative estimate of drug-likeness (QED) is 0.841. The third-order valence-electron chi connectivity index (χ3n) is 4.65. The Morgan fingerprint density at radius 3 is 2.26 bits per heavy atom. The molecule has 2 aliphatic rings. The van der Waals surface area contributed by atoms with E-state index in [2.05, 4.69) is 42.9 Å². The van der Waals surface area contributed by atoms with Gasteiger partial charge in [0.05, 0.1) is 0 Å². The Hall–Kier alpha value is -0.120. The molecule has 2 heterocycles. The summed E-state index contributed by atoms with van der Waals surface area (Å²) in [7, 11) is 2.25. The maximum atomic E-state index is 3.66. The van der Waals surface area contributed by atoms with E-state index in [1.807, 2.05) is 0 Å². The molecule has 1 unspecified atom stereocenters. The van der Waals surface area contributed by atoms with Gasteiger partial charge in [0.1, 0.15) is 0 Å². The van der Waals surface area contributed by atoms with E-state index < -0.39 is 0 Å². The van der Waals surface area contributed by atoms with E-state index in [1.165, 1.54) is 58.5 Å². The Morgan fingerprint density at radius 2 is 1.63 bits per heavy atom. The molecular weight excluding hydrogens is 234 g/mol. The molecular formula is C16H33N3. The number of hydrogen-bond acceptors (Lipinski definition) is 3. The zero-order valence-corrected chi connectivity index (χ0v) is 13.4. The Labute approximate surface area is 119 Å². The molecule has 0 spiro atoms. The largest absolute Gasteiger partial charge is 0.312 e. The van der Waals surface area contributed by atoms with Crippen LogP contribution in [-0.2, 0) is 0 Å². The fraction of sp³-hybridized carbons (Fsp3) is 1.00. The summed E-state index contributed by atoms with van der Waals surface area (Å²) in [6, 6.07) is 0. The second-order valence-electron chi connectivity index (χ2n) is 7.79. The average Bonchev–Trinajstić information content (AvgIpc) is 2.77. The molecule has 2 rings (SSSR count). The summed E-state index contributed by atoms with van der Waals surface area (Å²) < 4.78 is 0. The van der Waals surface area contributed by atoms with Gasteiger partial charge in [-0.3, -0.25) is 0 Å². The molecule has 3 heteroatoms. The topological polar surface area (TPSA) is 18.5 Å². The fourth-order valence-corrected chi connectivity index (χ4v) is 3.31. The second-order valence-corrected chi connectivity index (χ2v) is 7.79. The fourth-order valence-electron chi connectivity index (χ4n) is 3.31. The smallest absolute Gasteiger partial charge is 0.00966 e. The minimum absolute atomic E-state index is 0.265. The zero-order valence-electron chi connectivity index (χ0n) is 13.4. The molecule has 0 saturated carbocycles. The number of piperidine rings is 1. The van der Waals surface area contributed by atoms with Crippen molar-refractivity contribution < 1.29 is 0 Å². The van der Waals surface area contributed by atoms with Gasteiger partial charge in [0.25, 0.3) is 0 Å². The van der Waals surface area contributed by atoms with Gasteiger partial charge < -0.3 is 15.1 Å². The lowest BCUT2D eigenvalue weighted by molar-refractivity contribution is 0.173. The van der Waals surface area contributed by atoms with E-state index in [-0.39, 0.29) is 5.54 Å². The number of likely N-dealkylation sites (tertiary alicyclic amines) is 2. The summed E-state index contributed by atoms with van der Waals surface area (Å²) in [4.78, 5) is 5.18. The Kier molecular flexibility index (Phi) is 5.27. The molecule has 2 aliphatic heterocycles. The second kappa shape index (κ2) is 6.55. The summed E-state index contributed by atoms with van der Waals surface area (Å²) >= 11 is 0. The highest BCUT2D eigenvalue weighted by molar-refractivity contribution is 4.82. The van der Waals surface area contributed by atoms with E-state index in [0.29, 0.717) is 0 Å². The van der Waals surface area contributed by atoms with Crippen LogP contribution in [0.5, 0.6) is 0 Å². The summed E-state index contributed by atoms with van der Waals surface area (Å²) in [6.45, 7) is 14.6. The molecule has 0 amide bonds. The summed E-state index contributed by atoms with van der Waals surface area (Å²) in [5, 5.41) is 3.66. The van der Waals surface area contributed by atoms with Crippen LogP contribution in [0.4, 0.5) is 0 Å². The molecule has 1 atom stereocenters. The first-order valence-corrected chi connectivity index (χ1v) is 8.08. The number of rotatable bonds is 4. The van der Waals surface area contributed by atoms with E-state index in [4.69, 9.17) is 0 Å². The molecule has 0 aromatic heterocycles. The van der Waals surface area contributed by atoms with Crippen LogP contribution in [-0.4, -0.2) is 61.7 Å². The Balaban J connectivity index is 1.65. The molecule has 0 radical (unpaired) electrons. The lowest BCUT2D eigenvalue weighted by Crippen LogP contribution is -2.40. The number of nitrogens with one attached hydrogen (secondary N) is 1. The minimum atomic E-state index is 0.265. The highest BCUT2D eigenvalue weighted by Crippen LogP contribution is 2.22. The predicted octanol–water partition coefficient (Wildman–Crippen LogP) is 2.04. The van der Waals surface area contributed by atoms with Crippen molar-refractivity contribution in [3.8, 4) is 0 Å². The Bertz CT molecular complexity index is 264. The highest BCUT2D eigenvalue weighted by Gasteiger charge is 2.26. The third kappa shape index (κ3) is 5.41. The molecule has 0 aromatic carbocycles. The monoisotopic (exact) mass is 267 g/mol. The van der Waals surface area contributed by atoms with Crippen LogP contribution < -0.4 is 5.32 Å². The summed E-state index contributed by atoms with van der Waals surface area (Å²) in [5.74, 6) is 1.82. The standard InChI is InChI=1S/C16H33N3/c1-16(2,3)17-11-15-7-10-19(13-15)12-14-5-8-18(4)9-6-14/h14-15,17H,5-13H2,1-4H3. The van der Waals surface area contributed by atoms with Gasteiger partial charge in [-0.05, 0) is 85.1 Å². The third-order valence-corrected chi connectivity index (χ3v) is 4.65. The van der Waals surface area contributed by atoms with Crippen molar-refractivity contribution in [1.29, 1.82) is 0 Å². The predicted molar refractivity (Wildman–Crippen MR) is 82.5 cm³/mol. The SMILES string of the molecule is CN1CCC(CN2CCC(CNC(C)(C)C)C2)CC1. The van der Waals surface area contributed by atoms with Gasteiger partial charge in [-0.25, -0.2) is 0 Å². The van der Waals surface area contributed by atoms with Gasteiger partial charge in [-0.1, -0.05) is 0 Å². The minimum Gasteiger partial charge on any atom is -0.312 e. The van der Waals surface area contributed by atoms with E-state index in [0.717, 1.165) is 11.8 Å². The zero-order chi connectivity index (χ0) is 13.9. The summed E-state index contributed by atoms with van der Waals surface area (Å²) in [5.41, 5.74) is 0.265. The van der Waals surface area contributed by atoms with Crippen LogP contribution in [0.1, 0.15) is 40.0 Å². The highest BCUT2D eigenvalue weighted by atomic mass is 15.2. The lowest BCUT2D eigenvalue weighted by Gasteiger charge is -2.31. The van der Waals surface area contributed by atoms with E-state index in [1.54, 1.807) is 0 Å². The first-order valence-electron chi connectivity index (χ1n) is 8.08. The average molecular weight is 267 g/mol. The van der Waals surface area contributed by atoms with Gasteiger partial charge in [-0.15, -0.1) is 0 Å². The van der Waals surface area contributed by atoms with Crippen molar-refractivity contribution in [1.82, 2.24) is 15.1 Å². The number of nitrogens with zero attached hydrogens (tertiary/aromatic N) is 2. The van der Waals surface area contributed by atoms with Gasteiger partial charge in [-0.2, -0.15) is 0 Å². The molecule has 1 N–H and O–H groups in total. The normalized spacial score (nSPS) is 28.1. The van der Waals surface area contributed by atoms with Crippen molar-refractivity contribution in [3.05, 3.63) is 0 Å². The van der Waals surface area contributed by atoms with Crippen molar-refractivity contribution in [2.75, 3.05) is 46.3 Å². The van der Waals surface area contributed by atoms with E-state index in [9.17, 15) is 0 Å². The Morgan fingerprint density at radius 1 is 1.00 bits per heavy atom. The summed E-state index contributed by atoms with van der Waals surface area (Å²) in [6.07, 6.45) is 4.19. The van der Waals surface area contributed by atoms with Crippen molar-refractivity contribution in [3.63, 3.8) is 0 Å². The molecule has 19 heavy (non-hydrogen) atoms. The maximum Gasteiger partial charge on any atom is 0.00966 e. The molecule has 0 aliphatic carbocycles. The molecule has 3 nitrogen and oxygen atoms in total. The first kappa shape index (κ1) is 15.3. The van der Waals surface area contributed by atoms with Gasteiger partial charge in [0, 0.05) is 18.6 Å². The molecule has 112 valence electrons. The molecule has 0 aromatic rings. The van der Waals surface area contributed by atoms with Gasteiger partial charge in [0.15, 0.2) is 0 Å². The van der Waals surface area contributed by atoms with Crippen molar-refractivity contribution in [2.24, 2.45) is 11.8 Å². The van der Waals surface area contributed by atoms with E-state index >= 15 is 0 Å². The van der Waals surface area contributed by atoms with Crippen LogP contribution in [0.25, 0.3) is 0 Å². The van der Waals surface area contributed by atoms with Crippen molar-refractivity contribution in [2.45, 2.75) is 45.6 Å². The molecule has 0 bridgehead atoms. The van der Waals surface area contributed by atoms with Crippen LogP contribution in [0.15, 0.2) is 0 Å². The molecule has 2 fully saturated rings. The number of hydrogen-bond donors (Lipinski definition) is 1. The lowest BCUT2D eigenvalue weighted by atomic mass is 9.96. The van der Waals surface area contributed by atoms with Crippen molar-refractivity contribution >= 4 is 0 Å². The van der Waals surface area contributed by atoms with Crippen LogP contribution in [0, 0.1) is 11.8 Å².